The molecule has 3 rings (SSSR count). The summed E-state index contributed by atoms with van der Waals surface area (Å²) >= 11 is 15.4. The van der Waals surface area contributed by atoms with E-state index in [0.717, 1.165) is 14.3 Å². The van der Waals surface area contributed by atoms with E-state index in [-0.39, 0.29) is 11.4 Å². The molecule has 6 nitrogen and oxygen atoms in total. The lowest BCUT2D eigenvalue weighted by atomic mass is 10.1. The highest BCUT2D eigenvalue weighted by molar-refractivity contribution is 9.10. The second-order valence-corrected chi connectivity index (χ2v) is 10.6. The van der Waals surface area contributed by atoms with Gasteiger partial charge in [-0.2, -0.15) is 9.41 Å². The van der Waals surface area contributed by atoms with Crippen molar-refractivity contribution in [3.8, 4) is 0 Å². The molecule has 0 atom stereocenters. The summed E-state index contributed by atoms with van der Waals surface area (Å²) in [5.41, 5.74) is 3.84. The first-order chi connectivity index (χ1) is 15.8. The summed E-state index contributed by atoms with van der Waals surface area (Å²) in [5, 5.41) is 4.55. The minimum absolute atomic E-state index is 0.0979. The van der Waals surface area contributed by atoms with E-state index in [2.05, 4.69) is 26.5 Å². The van der Waals surface area contributed by atoms with Crippen LogP contribution in [-0.4, -0.2) is 37.9 Å². The van der Waals surface area contributed by atoms with Gasteiger partial charge in [-0.05, 0) is 42.3 Å². The predicted octanol–water partition coefficient (Wildman–Crippen LogP) is 5.14. The van der Waals surface area contributed by atoms with Gasteiger partial charge in [0.1, 0.15) is 0 Å². The van der Waals surface area contributed by atoms with Gasteiger partial charge < -0.3 is 0 Å². The van der Waals surface area contributed by atoms with Crippen molar-refractivity contribution in [3.05, 3.63) is 98.4 Å². The first-order valence-electron chi connectivity index (χ1n) is 9.83. The molecule has 3 aromatic carbocycles. The van der Waals surface area contributed by atoms with Gasteiger partial charge in [0.05, 0.1) is 27.7 Å². The first-order valence-corrected chi connectivity index (χ1v) is 12.8. The third kappa shape index (κ3) is 7.12. The van der Waals surface area contributed by atoms with Crippen LogP contribution in [-0.2, 0) is 21.2 Å². The van der Waals surface area contributed by atoms with E-state index in [1.165, 1.54) is 18.3 Å². The maximum absolute atomic E-state index is 13.2. The van der Waals surface area contributed by atoms with Crippen LogP contribution in [0.4, 0.5) is 0 Å². The van der Waals surface area contributed by atoms with Crippen LogP contribution in [0.25, 0.3) is 0 Å². The van der Waals surface area contributed by atoms with Gasteiger partial charge in [0.25, 0.3) is 5.91 Å². The number of benzene rings is 3. The molecule has 1 amide bonds. The van der Waals surface area contributed by atoms with Crippen molar-refractivity contribution in [3.63, 3.8) is 0 Å². The fraction of sp³-hybridized carbons (Fsp3) is 0.130. The van der Waals surface area contributed by atoms with E-state index in [4.69, 9.17) is 23.2 Å². The van der Waals surface area contributed by atoms with Gasteiger partial charge in [-0.3, -0.25) is 4.79 Å². The number of nitrogens with one attached hydrogen (secondary N) is 1. The number of nitrogens with zero attached hydrogens (tertiary/aromatic N) is 2. The van der Waals surface area contributed by atoms with Gasteiger partial charge in [-0.25, -0.2) is 13.8 Å². The van der Waals surface area contributed by atoms with E-state index in [0.29, 0.717) is 22.0 Å². The highest BCUT2D eigenvalue weighted by Gasteiger charge is 2.26. The van der Waals surface area contributed by atoms with Crippen LogP contribution in [0, 0.1) is 0 Å². The Morgan fingerprint density at radius 1 is 1.00 bits per heavy atom. The third-order valence-corrected chi connectivity index (χ3v) is 7.86. The molecular weight excluding hydrogens is 549 g/mol. The number of sulfonamides is 1. The number of carbonyl (C=O) groups excluding carboxylic acids is 1. The van der Waals surface area contributed by atoms with Crippen molar-refractivity contribution in [2.75, 3.05) is 13.1 Å². The molecule has 33 heavy (non-hydrogen) atoms. The lowest BCUT2D eigenvalue weighted by Gasteiger charge is -2.21. The van der Waals surface area contributed by atoms with Crippen LogP contribution in [0.1, 0.15) is 11.1 Å². The highest BCUT2D eigenvalue weighted by Crippen LogP contribution is 2.24. The molecule has 0 radical (unpaired) electrons. The SMILES string of the molecule is O=C(CN(CCc1ccccc1)S(=O)(=O)c1ccc(Br)cc1)N/N=C\c1cccc(Cl)c1Cl. The molecule has 0 fully saturated rings. The molecule has 0 aliphatic heterocycles. The Morgan fingerprint density at radius 2 is 1.70 bits per heavy atom. The summed E-state index contributed by atoms with van der Waals surface area (Å²) in [7, 11) is -3.91. The Hall–Kier alpha value is -2.23. The molecule has 0 bridgehead atoms. The van der Waals surface area contributed by atoms with Crippen molar-refractivity contribution in [1.82, 2.24) is 9.73 Å². The maximum atomic E-state index is 13.2. The molecule has 0 aromatic heterocycles. The summed E-state index contributed by atoms with van der Waals surface area (Å²) < 4.78 is 28.4. The third-order valence-electron chi connectivity index (χ3n) is 4.64. The molecular formula is C23H20BrCl2N3O3S. The number of hydrogen-bond acceptors (Lipinski definition) is 4. The molecule has 0 heterocycles. The molecule has 172 valence electrons. The quantitative estimate of drug-likeness (QED) is 0.287. The Bertz CT molecular complexity index is 1240. The highest BCUT2D eigenvalue weighted by atomic mass is 79.9. The normalized spacial score (nSPS) is 11.8. The fourth-order valence-electron chi connectivity index (χ4n) is 2.93. The molecule has 0 saturated heterocycles. The van der Waals surface area contributed by atoms with Crippen molar-refractivity contribution < 1.29 is 13.2 Å². The predicted molar refractivity (Wildman–Crippen MR) is 135 cm³/mol. The summed E-state index contributed by atoms with van der Waals surface area (Å²) in [5.74, 6) is -0.585. The van der Waals surface area contributed by atoms with Gasteiger partial charge in [-0.1, -0.05) is 81.6 Å². The Labute approximate surface area is 211 Å². The van der Waals surface area contributed by atoms with E-state index < -0.39 is 22.5 Å². The lowest BCUT2D eigenvalue weighted by Crippen LogP contribution is -2.40. The molecule has 3 aromatic rings. The van der Waals surface area contributed by atoms with Crippen molar-refractivity contribution in [2.45, 2.75) is 11.3 Å². The average molecular weight is 569 g/mol. The van der Waals surface area contributed by atoms with Gasteiger partial charge in [0, 0.05) is 16.6 Å². The summed E-state index contributed by atoms with van der Waals surface area (Å²) in [6.07, 6.45) is 1.80. The zero-order valence-electron chi connectivity index (χ0n) is 17.3. The van der Waals surface area contributed by atoms with Crippen LogP contribution >= 0.6 is 39.1 Å². The van der Waals surface area contributed by atoms with E-state index in [9.17, 15) is 13.2 Å². The molecule has 10 heteroatoms. The average Bonchev–Trinajstić information content (AvgIpc) is 2.80. The Morgan fingerprint density at radius 3 is 2.39 bits per heavy atom. The van der Waals surface area contributed by atoms with Crippen molar-refractivity contribution in [1.29, 1.82) is 0 Å². The summed E-state index contributed by atoms with van der Waals surface area (Å²) in [6, 6.07) is 20.8. The molecule has 0 unspecified atom stereocenters. The Balaban J connectivity index is 1.75. The van der Waals surface area contributed by atoms with Crippen LogP contribution in [0.15, 0.2) is 87.3 Å². The second kappa shape index (κ2) is 11.8. The zero-order valence-corrected chi connectivity index (χ0v) is 21.2. The van der Waals surface area contributed by atoms with Gasteiger partial charge in [0.15, 0.2) is 0 Å². The maximum Gasteiger partial charge on any atom is 0.255 e. The van der Waals surface area contributed by atoms with Crippen LogP contribution in [0.2, 0.25) is 10.0 Å². The number of rotatable bonds is 9. The number of hydrazone groups is 1. The van der Waals surface area contributed by atoms with Crippen LogP contribution in [0.3, 0.4) is 0 Å². The van der Waals surface area contributed by atoms with Crippen LogP contribution < -0.4 is 5.43 Å². The molecule has 0 spiro atoms. The topological polar surface area (TPSA) is 78.8 Å². The summed E-state index contributed by atoms with van der Waals surface area (Å²) in [4.78, 5) is 12.6. The van der Waals surface area contributed by atoms with Gasteiger partial charge in [-0.15, -0.1) is 0 Å². The van der Waals surface area contributed by atoms with Crippen molar-refractivity contribution >= 4 is 61.3 Å². The Kier molecular flexibility index (Phi) is 9.05. The minimum Gasteiger partial charge on any atom is -0.272 e. The molecule has 0 aliphatic carbocycles. The molecule has 0 saturated carbocycles. The largest absolute Gasteiger partial charge is 0.272 e. The minimum atomic E-state index is -3.91. The monoisotopic (exact) mass is 567 g/mol. The first kappa shape index (κ1) is 25.4. The zero-order chi connectivity index (χ0) is 23.8. The van der Waals surface area contributed by atoms with Gasteiger partial charge >= 0.3 is 0 Å². The molecule has 1 N–H and O–H groups in total. The van der Waals surface area contributed by atoms with Crippen molar-refractivity contribution in [2.24, 2.45) is 5.10 Å². The fourth-order valence-corrected chi connectivity index (χ4v) is 4.95. The van der Waals surface area contributed by atoms with E-state index >= 15 is 0 Å². The summed E-state index contributed by atoms with van der Waals surface area (Å²) in [6.45, 7) is -0.272. The number of hydrogen-bond donors (Lipinski definition) is 1. The number of carbonyl (C=O) groups is 1. The molecule has 0 aliphatic rings. The standard InChI is InChI=1S/C23H20BrCl2N3O3S/c24-19-9-11-20(12-10-19)33(31,32)29(14-13-17-5-2-1-3-6-17)16-22(30)28-27-15-18-7-4-8-21(25)23(18)26/h1-12,15H,13-14,16H2,(H,28,30)/b27-15-. The second-order valence-electron chi connectivity index (χ2n) is 6.96. The van der Waals surface area contributed by atoms with Crippen LogP contribution in [0.5, 0.6) is 0 Å². The van der Waals surface area contributed by atoms with E-state index in [1.807, 2.05) is 30.3 Å². The smallest absolute Gasteiger partial charge is 0.255 e. The lowest BCUT2D eigenvalue weighted by molar-refractivity contribution is -0.121. The number of amides is 1. The number of halogens is 3. The van der Waals surface area contributed by atoms with Gasteiger partial charge in [0.2, 0.25) is 10.0 Å². The van der Waals surface area contributed by atoms with E-state index in [1.54, 1.807) is 30.3 Å².